The van der Waals surface area contributed by atoms with Gasteiger partial charge in [-0.15, -0.1) is 0 Å². The summed E-state index contributed by atoms with van der Waals surface area (Å²) in [6.07, 6.45) is 3.73. The zero-order chi connectivity index (χ0) is 22.8. The topological polar surface area (TPSA) is 74.0 Å². The first-order chi connectivity index (χ1) is 16.1. The predicted molar refractivity (Wildman–Crippen MR) is 128 cm³/mol. The highest BCUT2D eigenvalue weighted by Crippen LogP contribution is 2.35. The average Bonchev–Trinajstić information content (AvgIpc) is 2.82. The Kier molecular flexibility index (Phi) is 5.65. The minimum absolute atomic E-state index is 0.0258. The minimum Gasteiger partial charge on any atom is -0.334 e. The van der Waals surface area contributed by atoms with Crippen molar-refractivity contribution >= 4 is 22.5 Å². The summed E-state index contributed by atoms with van der Waals surface area (Å²) < 4.78 is 13.8. The molecule has 0 bridgehead atoms. The molecule has 1 aliphatic rings. The maximum atomic E-state index is 13.8. The number of carbonyl (C=O) groups is 1. The average molecular weight is 442 g/mol. The molecule has 0 saturated carbocycles. The van der Waals surface area contributed by atoms with Gasteiger partial charge in [-0.05, 0) is 66.3 Å². The number of aromatic nitrogens is 1. The summed E-state index contributed by atoms with van der Waals surface area (Å²) in [6, 6.07) is 21.7. The molecule has 5 nitrogen and oxygen atoms in total. The molecular weight excluding hydrogens is 417 g/mol. The van der Waals surface area contributed by atoms with Crippen LogP contribution in [0.5, 0.6) is 0 Å². The van der Waals surface area contributed by atoms with Crippen molar-refractivity contribution in [2.45, 2.75) is 31.2 Å². The van der Waals surface area contributed by atoms with E-state index in [2.05, 4.69) is 27.8 Å². The van der Waals surface area contributed by atoms with E-state index in [4.69, 9.17) is 0 Å². The largest absolute Gasteiger partial charge is 0.334 e. The van der Waals surface area contributed by atoms with Gasteiger partial charge in [0.2, 0.25) is 0 Å². The van der Waals surface area contributed by atoms with Gasteiger partial charge in [-0.1, -0.05) is 42.5 Å². The van der Waals surface area contributed by atoms with Crippen molar-refractivity contribution in [1.82, 2.24) is 10.3 Å². The third kappa shape index (κ3) is 4.37. The van der Waals surface area contributed by atoms with Crippen LogP contribution in [0.2, 0.25) is 0 Å². The molecule has 3 aromatic carbocycles. The van der Waals surface area contributed by atoms with E-state index in [0.717, 1.165) is 24.0 Å². The van der Waals surface area contributed by atoms with Crippen molar-refractivity contribution in [1.29, 1.82) is 0 Å². The van der Waals surface area contributed by atoms with Gasteiger partial charge in [-0.2, -0.15) is 0 Å². The molecule has 1 aliphatic carbocycles. The van der Waals surface area contributed by atoms with E-state index in [-0.39, 0.29) is 29.4 Å². The van der Waals surface area contributed by atoms with Crippen molar-refractivity contribution in [2.75, 3.05) is 5.32 Å². The highest BCUT2D eigenvalue weighted by atomic mass is 19.1. The Balaban J connectivity index is 1.40. The lowest BCUT2D eigenvalue weighted by atomic mass is 9.76. The molecule has 0 aliphatic heterocycles. The van der Waals surface area contributed by atoms with Gasteiger partial charge in [0.05, 0.1) is 5.69 Å². The number of urea groups is 1. The van der Waals surface area contributed by atoms with E-state index >= 15 is 0 Å². The van der Waals surface area contributed by atoms with Crippen molar-refractivity contribution in [3.63, 3.8) is 0 Å². The lowest BCUT2D eigenvalue weighted by Gasteiger charge is -2.34. The molecule has 0 spiro atoms. The summed E-state index contributed by atoms with van der Waals surface area (Å²) >= 11 is 0. The number of rotatable bonds is 4. The second-order valence-corrected chi connectivity index (χ2v) is 8.46. The van der Waals surface area contributed by atoms with Gasteiger partial charge in [0.1, 0.15) is 5.82 Å². The number of aryl methyl sites for hydroxylation is 1. The van der Waals surface area contributed by atoms with Crippen LogP contribution in [0.25, 0.3) is 10.8 Å². The fourth-order valence-electron chi connectivity index (χ4n) is 4.83. The number of aromatic amines is 1. The third-order valence-electron chi connectivity index (χ3n) is 6.39. The molecule has 2 atom stereocenters. The number of hydrogen-bond donors (Lipinski definition) is 3. The predicted octanol–water partition coefficient (Wildman–Crippen LogP) is 5.13. The van der Waals surface area contributed by atoms with Crippen LogP contribution in [0.4, 0.5) is 14.9 Å². The smallest absolute Gasteiger partial charge is 0.319 e. The summed E-state index contributed by atoms with van der Waals surface area (Å²) in [5.41, 5.74) is 3.63. The van der Waals surface area contributed by atoms with E-state index in [1.54, 1.807) is 36.5 Å². The number of anilines is 1. The Hall–Kier alpha value is -3.93. The van der Waals surface area contributed by atoms with E-state index < -0.39 is 0 Å². The lowest BCUT2D eigenvalue weighted by Crippen LogP contribution is -2.44. The SMILES string of the molecule is O=C(Nc1cccc2c(=O)[nH]ccc12)NC1CCc2cc(F)ccc2C1Cc1ccccc1. The van der Waals surface area contributed by atoms with Crippen LogP contribution in [0.1, 0.15) is 29.0 Å². The maximum absolute atomic E-state index is 13.8. The molecule has 33 heavy (non-hydrogen) atoms. The zero-order valence-electron chi connectivity index (χ0n) is 18.0. The lowest BCUT2D eigenvalue weighted by molar-refractivity contribution is 0.244. The Morgan fingerprint density at radius 2 is 1.85 bits per heavy atom. The van der Waals surface area contributed by atoms with Crippen LogP contribution in [-0.2, 0) is 12.8 Å². The van der Waals surface area contributed by atoms with Crippen LogP contribution < -0.4 is 16.2 Å². The molecule has 2 unspecified atom stereocenters. The van der Waals surface area contributed by atoms with Gasteiger partial charge in [0, 0.05) is 28.9 Å². The Morgan fingerprint density at radius 3 is 2.70 bits per heavy atom. The first kappa shape index (κ1) is 20.9. The van der Waals surface area contributed by atoms with Crippen LogP contribution in [0.3, 0.4) is 0 Å². The van der Waals surface area contributed by atoms with Gasteiger partial charge in [-0.3, -0.25) is 4.79 Å². The van der Waals surface area contributed by atoms with Crippen molar-refractivity contribution in [3.05, 3.63) is 112 Å². The van der Waals surface area contributed by atoms with Crippen LogP contribution in [-0.4, -0.2) is 17.1 Å². The van der Waals surface area contributed by atoms with Gasteiger partial charge in [0.25, 0.3) is 5.56 Å². The Morgan fingerprint density at radius 1 is 1.00 bits per heavy atom. The van der Waals surface area contributed by atoms with Crippen molar-refractivity contribution in [2.24, 2.45) is 0 Å². The normalized spacial score (nSPS) is 17.4. The highest BCUT2D eigenvalue weighted by molar-refractivity contribution is 6.01. The minimum atomic E-state index is -0.323. The molecule has 5 rings (SSSR count). The van der Waals surface area contributed by atoms with Crippen LogP contribution in [0, 0.1) is 5.82 Å². The van der Waals surface area contributed by atoms with Crippen molar-refractivity contribution < 1.29 is 9.18 Å². The monoisotopic (exact) mass is 441 g/mol. The first-order valence-corrected chi connectivity index (χ1v) is 11.1. The van der Waals surface area contributed by atoms with Crippen molar-refractivity contribution in [3.8, 4) is 0 Å². The fraction of sp³-hybridized carbons (Fsp3) is 0.185. The van der Waals surface area contributed by atoms with E-state index in [9.17, 15) is 14.0 Å². The molecule has 1 aromatic heterocycles. The van der Waals surface area contributed by atoms with E-state index in [0.29, 0.717) is 22.9 Å². The number of hydrogen-bond acceptors (Lipinski definition) is 2. The number of H-pyrrole nitrogens is 1. The second-order valence-electron chi connectivity index (χ2n) is 8.46. The number of fused-ring (bicyclic) bond motifs is 2. The summed E-state index contributed by atoms with van der Waals surface area (Å²) in [5.74, 6) is -0.208. The van der Waals surface area contributed by atoms with Gasteiger partial charge >= 0.3 is 6.03 Å². The Labute approximate surface area is 190 Å². The van der Waals surface area contributed by atoms with Gasteiger partial charge in [0.15, 0.2) is 0 Å². The summed E-state index contributed by atoms with van der Waals surface area (Å²) in [4.78, 5) is 27.7. The van der Waals surface area contributed by atoms with Gasteiger partial charge in [-0.25, -0.2) is 9.18 Å². The molecule has 4 aromatic rings. The third-order valence-corrected chi connectivity index (χ3v) is 6.39. The quantitative estimate of drug-likeness (QED) is 0.411. The molecule has 1 heterocycles. The van der Waals surface area contributed by atoms with Crippen LogP contribution in [0.15, 0.2) is 83.8 Å². The second kappa shape index (κ2) is 8.90. The molecule has 6 heteroatoms. The number of halogens is 1. The Bertz CT molecular complexity index is 1370. The molecule has 2 amide bonds. The number of amides is 2. The number of nitrogens with one attached hydrogen (secondary N) is 3. The number of pyridine rings is 1. The summed E-state index contributed by atoms with van der Waals surface area (Å²) in [6.45, 7) is 0. The molecule has 0 radical (unpaired) electrons. The van der Waals surface area contributed by atoms with Crippen LogP contribution >= 0.6 is 0 Å². The molecule has 166 valence electrons. The molecule has 0 saturated heterocycles. The fourth-order valence-corrected chi connectivity index (χ4v) is 4.83. The summed E-state index contributed by atoms with van der Waals surface area (Å²) in [7, 11) is 0. The maximum Gasteiger partial charge on any atom is 0.319 e. The van der Waals surface area contributed by atoms with Gasteiger partial charge < -0.3 is 15.6 Å². The number of benzene rings is 3. The first-order valence-electron chi connectivity index (χ1n) is 11.1. The van der Waals surface area contributed by atoms with E-state index in [1.165, 1.54) is 11.6 Å². The standard InChI is InChI=1S/C27H24FN3O2/c28-19-10-11-20-18(16-19)9-12-25(23(20)15-17-5-2-1-3-6-17)31-27(33)30-24-8-4-7-22-21(24)13-14-29-26(22)32/h1-8,10-11,13-14,16,23,25H,9,12,15H2,(H,29,32)(H2,30,31,33). The molecule has 3 N–H and O–H groups in total. The number of carbonyl (C=O) groups excluding carboxylic acids is 1. The summed E-state index contributed by atoms with van der Waals surface area (Å²) in [5, 5.41) is 7.26. The highest BCUT2D eigenvalue weighted by Gasteiger charge is 2.31. The molecular formula is C27H24FN3O2. The molecule has 0 fully saturated rings. The van der Waals surface area contributed by atoms with E-state index in [1.807, 2.05) is 24.3 Å². The zero-order valence-corrected chi connectivity index (χ0v) is 18.0.